The number of rotatable bonds is 4. The Balaban J connectivity index is 0.00000156. The molecule has 0 amide bonds. The minimum atomic E-state index is 0. The molecule has 2 aromatic carbocycles. The van der Waals surface area contributed by atoms with Gasteiger partial charge in [0.1, 0.15) is 0 Å². The van der Waals surface area contributed by atoms with Gasteiger partial charge in [0.05, 0.1) is 12.2 Å². The van der Waals surface area contributed by atoms with Gasteiger partial charge in [0.2, 0.25) is 0 Å². The summed E-state index contributed by atoms with van der Waals surface area (Å²) >= 11 is 1.68. The van der Waals surface area contributed by atoms with Gasteiger partial charge in [-0.05, 0) is 48.5 Å². The quantitative estimate of drug-likeness (QED) is 0.468. The number of hydrogen-bond acceptors (Lipinski definition) is 5. The molecule has 0 unspecified atom stereocenters. The average molecular weight is 399 g/mol. The zero-order chi connectivity index (χ0) is 16.1. The van der Waals surface area contributed by atoms with Crippen LogP contribution < -0.4 is 22.1 Å². The van der Waals surface area contributed by atoms with Crippen LogP contribution in [0, 0.1) is 0 Å². The Kier molecular flexibility index (Phi) is 8.40. The van der Waals surface area contributed by atoms with Crippen molar-refractivity contribution in [2.45, 2.75) is 9.79 Å². The molecule has 2 aromatic rings. The molecule has 0 spiro atoms. The second-order valence-corrected chi connectivity index (χ2v) is 6.09. The SMILES string of the molecule is Cl.Cl.NC(N)=Nc1ccc(Sc2ccc(NC3=NCCN3)cc2)cc1. The third kappa shape index (κ3) is 6.38. The molecular formula is C16H20Cl2N6S. The summed E-state index contributed by atoms with van der Waals surface area (Å²) in [7, 11) is 0. The number of guanidine groups is 2. The van der Waals surface area contributed by atoms with E-state index < -0.39 is 0 Å². The summed E-state index contributed by atoms with van der Waals surface area (Å²) in [6.45, 7) is 1.72. The molecule has 9 heteroatoms. The molecule has 6 N–H and O–H groups in total. The Morgan fingerprint density at radius 1 is 1.00 bits per heavy atom. The molecule has 1 aliphatic heterocycles. The predicted octanol–water partition coefficient (Wildman–Crippen LogP) is 2.96. The zero-order valence-corrected chi connectivity index (χ0v) is 15.8. The van der Waals surface area contributed by atoms with Gasteiger partial charge in [-0.1, -0.05) is 11.8 Å². The van der Waals surface area contributed by atoms with Crippen molar-refractivity contribution in [2.75, 3.05) is 18.4 Å². The van der Waals surface area contributed by atoms with Crippen LogP contribution in [-0.4, -0.2) is 25.0 Å². The van der Waals surface area contributed by atoms with Crippen molar-refractivity contribution in [1.29, 1.82) is 0 Å². The fourth-order valence-electron chi connectivity index (χ4n) is 2.10. The van der Waals surface area contributed by atoms with Crippen LogP contribution in [0.3, 0.4) is 0 Å². The molecule has 0 aromatic heterocycles. The Morgan fingerprint density at radius 2 is 1.60 bits per heavy atom. The van der Waals surface area contributed by atoms with E-state index in [-0.39, 0.29) is 30.8 Å². The standard InChI is InChI=1S/C16H18N6S.2ClH/c17-15(18)21-11-1-5-13(6-2-11)23-14-7-3-12(4-8-14)22-16-19-9-10-20-16;;/h1-8H,9-10H2,(H4,17,18,21)(H2,19,20,22);2*1H. The normalized spacial score (nSPS) is 12.1. The van der Waals surface area contributed by atoms with Gasteiger partial charge < -0.3 is 22.1 Å². The number of halogens is 2. The van der Waals surface area contributed by atoms with Crippen molar-refractivity contribution < 1.29 is 0 Å². The van der Waals surface area contributed by atoms with Gasteiger partial charge in [0, 0.05) is 22.0 Å². The van der Waals surface area contributed by atoms with Crippen LogP contribution in [0.1, 0.15) is 0 Å². The van der Waals surface area contributed by atoms with Gasteiger partial charge in [0.25, 0.3) is 0 Å². The second kappa shape index (κ2) is 10.0. The van der Waals surface area contributed by atoms with E-state index in [9.17, 15) is 0 Å². The molecule has 0 fully saturated rings. The third-order valence-corrected chi connectivity index (χ3v) is 4.14. The van der Waals surface area contributed by atoms with Crippen molar-refractivity contribution in [3.8, 4) is 0 Å². The molecule has 3 rings (SSSR count). The van der Waals surface area contributed by atoms with E-state index in [0.29, 0.717) is 0 Å². The highest BCUT2D eigenvalue weighted by Gasteiger charge is 2.05. The summed E-state index contributed by atoms with van der Waals surface area (Å²) in [6, 6.07) is 16.0. The van der Waals surface area contributed by atoms with Crippen LogP contribution in [-0.2, 0) is 0 Å². The monoisotopic (exact) mass is 398 g/mol. The van der Waals surface area contributed by atoms with Gasteiger partial charge in [-0.3, -0.25) is 4.99 Å². The molecule has 25 heavy (non-hydrogen) atoms. The lowest BCUT2D eigenvalue weighted by molar-refractivity contribution is 0.959. The molecule has 0 aliphatic carbocycles. The van der Waals surface area contributed by atoms with E-state index in [2.05, 4.69) is 32.8 Å². The fourth-order valence-corrected chi connectivity index (χ4v) is 2.92. The summed E-state index contributed by atoms with van der Waals surface area (Å²) in [5.74, 6) is 0.899. The molecule has 134 valence electrons. The Hall–Kier alpha value is -2.09. The zero-order valence-electron chi connectivity index (χ0n) is 13.3. The van der Waals surface area contributed by atoms with Crippen molar-refractivity contribution >= 4 is 59.9 Å². The van der Waals surface area contributed by atoms with Gasteiger partial charge in [-0.25, -0.2) is 4.99 Å². The van der Waals surface area contributed by atoms with E-state index in [1.807, 2.05) is 36.4 Å². The smallest absolute Gasteiger partial charge is 0.195 e. The largest absolute Gasteiger partial charge is 0.370 e. The van der Waals surface area contributed by atoms with Crippen molar-refractivity contribution in [3.63, 3.8) is 0 Å². The topological polar surface area (TPSA) is 101 Å². The first kappa shape index (κ1) is 21.0. The molecule has 1 heterocycles. The molecule has 0 saturated carbocycles. The van der Waals surface area contributed by atoms with Gasteiger partial charge in [0.15, 0.2) is 11.9 Å². The molecule has 0 atom stereocenters. The Morgan fingerprint density at radius 3 is 2.12 bits per heavy atom. The maximum Gasteiger partial charge on any atom is 0.195 e. The van der Waals surface area contributed by atoms with E-state index >= 15 is 0 Å². The Bertz CT molecular complexity index is 727. The van der Waals surface area contributed by atoms with Crippen LogP contribution in [0.4, 0.5) is 11.4 Å². The molecular weight excluding hydrogens is 379 g/mol. The summed E-state index contributed by atoms with van der Waals surface area (Å²) in [6.07, 6.45) is 0. The van der Waals surface area contributed by atoms with E-state index in [4.69, 9.17) is 11.5 Å². The van der Waals surface area contributed by atoms with E-state index in [1.54, 1.807) is 11.8 Å². The number of nitrogens with zero attached hydrogens (tertiary/aromatic N) is 2. The van der Waals surface area contributed by atoms with E-state index in [1.165, 1.54) is 0 Å². The average Bonchev–Trinajstić information content (AvgIpc) is 3.04. The predicted molar refractivity (Wildman–Crippen MR) is 111 cm³/mol. The minimum Gasteiger partial charge on any atom is -0.370 e. The highest BCUT2D eigenvalue weighted by Crippen LogP contribution is 2.29. The van der Waals surface area contributed by atoms with Crippen molar-refractivity contribution in [3.05, 3.63) is 48.5 Å². The first-order valence-corrected chi connectivity index (χ1v) is 8.04. The first-order chi connectivity index (χ1) is 11.2. The fraction of sp³-hybridized carbons (Fsp3) is 0.125. The van der Waals surface area contributed by atoms with Crippen LogP contribution in [0.2, 0.25) is 0 Å². The number of nitrogens with one attached hydrogen (secondary N) is 2. The lowest BCUT2D eigenvalue weighted by Gasteiger charge is -2.07. The van der Waals surface area contributed by atoms with Crippen LogP contribution in [0.15, 0.2) is 68.3 Å². The minimum absolute atomic E-state index is 0. The molecule has 0 radical (unpaired) electrons. The first-order valence-electron chi connectivity index (χ1n) is 7.22. The highest BCUT2D eigenvalue weighted by molar-refractivity contribution is 7.99. The summed E-state index contributed by atoms with van der Waals surface area (Å²) < 4.78 is 0. The molecule has 0 saturated heterocycles. The number of benzene rings is 2. The maximum atomic E-state index is 5.36. The van der Waals surface area contributed by atoms with Crippen LogP contribution in [0.5, 0.6) is 0 Å². The lowest BCUT2D eigenvalue weighted by Crippen LogP contribution is -2.26. The summed E-state index contributed by atoms with van der Waals surface area (Å²) in [5.41, 5.74) is 12.5. The van der Waals surface area contributed by atoms with Crippen LogP contribution >= 0.6 is 36.6 Å². The molecule has 6 nitrogen and oxygen atoms in total. The molecule has 1 aliphatic rings. The lowest BCUT2D eigenvalue weighted by atomic mass is 10.3. The van der Waals surface area contributed by atoms with Gasteiger partial charge >= 0.3 is 0 Å². The Labute approximate surface area is 163 Å². The van der Waals surface area contributed by atoms with Gasteiger partial charge in [-0.2, -0.15) is 0 Å². The number of nitrogens with two attached hydrogens (primary N) is 2. The number of hydrogen-bond donors (Lipinski definition) is 4. The van der Waals surface area contributed by atoms with Crippen LogP contribution in [0.25, 0.3) is 0 Å². The highest BCUT2D eigenvalue weighted by atomic mass is 35.5. The van der Waals surface area contributed by atoms with Crippen molar-refractivity contribution in [2.24, 2.45) is 21.5 Å². The molecule has 0 bridgehead atoms. The van der Waals surface area contributed by atoms with Crippen molar-refractivity contribution in [1.82, 2.24) is 5.32 Å². The summed E-state index contributed by atoms with van der Waals surface area (Å²) in [5, 5.41) is 6.43. The summed E-state index contributed by atoms with van der Waals surface area (Å²) in [4.78, 5) is 10.6. The second-order valence-electron chi connectivity index (χ2n) is 4.94. The number of anilines is 1. The third-order valence-electron chi connectivity index (χ3n) is 3.12. The maximum absolute atomic E-state index is 5.36. The van der Waals surface area contributed by atoms with Gasteiger partial charge in [-0.15, -0.1) is 24.8 Å². The van der Waals surface area contributed by atoms with E-state index in [0.717, 1.165) is 40.2 Å². The number of aliphatic imine (C=N–C) groups is 2.